The van der Waals surface area contributed by atoms with Crippen LogP contribution in [0.2, 0.25) is 0 Å². The quantitative estimate of drug-likeness (QED) is 0.121. The highest BCUT2D eigenvalue weighted by molar-refractivity contribution is 5.95. The molecule has 0 saturated carbocycles. The van der Waals surface area contributed by atoms with Gasteiger partial charge < -0.3 is 42.0 Å². The van der Waals surface area contributed by atoms with Crippen LogP contribution in [0.15, 0.2) is 60.8 Å². The highest BCUT2D eigenvalue weighted by Crippen LogP contribution is 2.19. The van der Waals surface area contributed by atoms with E-state index in [1.165, 1.54) is 6.92 Å². The summed E-state index contributed by atoms with van der Waals surface area (Å²) in [6.45, 7) is 1.25. The van der Waals surface area contributed by atoms with Gasteiger partial charge in [-0.1, -0.05) is 48.5 Å². The number of para-hydroxylation sites is 1. The van der Waals surface area contributed by atoms with Crippen molar-refractivity contribution in [3.8, 4) is 0 Å². The van der Waals surface area contributed by atoms with Crippen molar-refractivity contribution in [1.82, 2.24) is 20.9 Å². The molecule has 0 aliphatic carbocycles. The van der Waals surface area contributed by atoms with Crippen LogP contribution in [0.5, 0.6) is 0 Å². The van der Waals surface area contributed by atoms with Gasteiger partial charge in [0.25, 0.3) is 0 Å². The zero-order valence-corrected chi connectivity index (χ0v) is 22.9. The average Bonchev–Trinajstić information content (AvgIpc) is 3.36. The number of carboxylic acid groups (broad SMARTS) is 2. The number of nitrogens with one attached hydrogen (secondary N) is 4. The van der Waals surface area contributed by atoms with Gasteiger partial charge in [-0.25, -0.2) is 4.79 Å². The van der Waals surface area contributed by atoms with Crippen LogP contribution in [0.25, 0.3) is 10.9 Å². The van der Waals surface area contributed by atoms with Crippen molar-refractivity contribution in [2.45, 2.75) is 62.9 Å². The fraction of sp³-hybridized carbons (Fsp3) is 0.345. The fourth-order valence-corrected chi connectivity index (χ4v) is 4.39. The van der Waals surface area contributed by atoms with Gasteiger partial charge in [0.2, 0.25) is 17.7 Å². The molecule has 0 aliphatic rings. The smallest absolute Gasteiger partial charge is 0.326 e. The maximum atomic E-state index is 13.5. The van der Waals surface area contributed by atoms with Crippen molar-refractivity contribution >= 4 is 40.6 Å². The van der Waals surface area contributed by atoms with Crippen molar-refractivity contribution in [2.24, 2.45) is 5.73 Å². The summed E-state index contributed by atoms with van der Waals surface area (Å²) in [4.78, 5) is 65.2. The first-order valence-corrected chi connectivity index (χ1v) is 13.3. The maximum Gasteiger partial charge on any atom is 0.326 e. The van der Waals surface area contributed by atoms with E-state index in [1.54, 1.807) is 42.6 Å². The highest BCUT2D eigenvalue weighted by atomic mass is 16.4. The fourth-order valence-electron chi connectivity index (χ4n) is 4.39. The molecule has 0 radical (unpaired) electrons. The third-order valence-corrected chi connectivity index (χ3v) is 6.70. The Morgan fingerprint density at radius 2 is 1.48 bits per heavy atom. The number of aliphatic hydroxyl groups is 1. The number of hydrogen-bond donors (Lipinski definition) is 8. The summed E-state index contributed by atoms with van der Waals surface area (Å²) in [5.74, 6) is -4.98. The van der Waals surface area contributed by atoms with Crippen molar-refractivity contribution in [3.63, 3.8) is 0 Å². The molecule has 1 aromatic heterocycles. The number of aromatic amines is 1. The van der Waals surface area contributed by atoms with Crippen molar-refractivity contribution in [3.05, 3.63) is 71.9 Å². The van der Waals surface area contributed by atoms with Crippen LogP contribution in [0.1, 0.15) is 30.9 Å². The van der Waals surface area contributed by atoms with Crippen LogP contribution in [-0.2, 0) is 36.8 Å². The van der Waals surface area contributed by atoms with Gasteiger partial charge in [-0.3, -0.25) is 19.2 Å². The van der Waals surface area contributed by atoms with E-state index in [1.807, 2.05) is 18.2 Å². The number of amides is 3. The SMILES string of the molecule is CC(O)C(NC(=O)C(N)CCC(=O)O)C(=O)NC(Cc1c[nH]c2ccccc12)C(=O)NC(Cc1ccccc1)C(=O)O. The molecule has 3 amide bonds. The topological polar surface area (TPSA) is 224 Å². The summed E-state index contributed by atoms with van der Waals surface area (Å²) >= 11 is 0. The minimum atomic E-state index is -1.54. The summed E-state index contributed by atoms with van der Waals surface area (Å²) < 4.78 is 0. The molecule has 2 aromatic carbocycles. The minimum Gasteiger partial charge on any atom is -0.481 e. The Kier molecular flexibility index (Phi) is 11.2. The third-order valence-electron chi connectivity index (χ3n) is 6.70. The van der Waals surface area contributed by atoms with Gasteiger partial charge in [-0.05, 0) is 30.5 Å². The van der Waals surface area contributed by atoms with E-state index >= 15 is 0 Å². The molecular weight excluding hydrogens is 546 g/mol. The molecule has 1 heterocycles. The van der Waals surface area contributed by atoms with Gasteiger partial charge >= 0.3 is 11.9 Å². The van der Waals surface area contributed by atoms with Gasteiger partial charge in [0.1, 0.15) is 18.1 Å². The van der Waals surface area contributed by atoms with Gasteiger partial charge in [0.15, 0.2) is 0 Å². The number of rotatable bonds is 15. The predicted octanol–water partition coefficient (Wildman–Crippen LogP) is 0.0650. The Hall–Kier alpha value is -4.75. The summed E-state index contributed by atoms with van der Waals surface area (Å²) in [5.41, 5.74) is 7.87. The lowest BCUT2D eigenvalue weighted by molar-refractivity contribution is -0.142. The average molecular weight is 582 g/mol. The molecule has 0 aliphatic heterocycles. The molecule has 3 rings (SSSR count). The van der Waals surface area contributed by atoms with Crippen molar-refractivity contribution in [1.29, 1.82) is 0 Å². The van der Waals surface area contributed by atoms with Crippen molar-refractivity contribution < 1.29 is 39.3 Å². The Labute approximate surface area is 241 Å². The number of aromatic nitrogens is 1. The lowest BCUT2D eigenvalue weighted by atomic mass is 10.0. The summed E-state index contributed by atoms with van der Waals surface area (Å²) in [5, 5.41) is 37.0. The second-order valence-corrected chi connectivity index (χ2v) is 9.98. The van der Waals surface area contributed by atoms with E-state index in [4.69, 9.17) is 10.8 Å². The molecule has 5 unspecified atom stereocenters. The molecule has 0 bridgehead atoms. The summed E-state index contributed by atoms with van der Waals surface area (Å²) in [7, 11) is 0. The number of fused-ring (bicyclic) bond motifs is 1. The first kappa shape index (κ1) is 31.8. The van der Waals surface area contributed by atoms with E-state index in [0.717, 1.165) is 10.9 Å². The van der Waals surface area contributed by atoms with Crippen LogP contribution in [0.3, 0.4) is 0 Å². The molecule has 0 fully saturated rings. The van der Waals surface area contributed by atoms with E-state index < -0.39 is 59.9 Å². The molecular formula is C29H35N5O8. The number of nitrogens with two attached hydrogens (primary N) is 1. The molecule has 13 nitrogen and oxygen atoms in total. The van der Waals surface area contributed by atoms with Crippen LogP contribution in [0.4, 0.5) is 0 Å². The molecule has 42 heavy (non-hydrogen) atoms. The highest BCUT2D eigenvalue weighted by Gasteiger charge is 2.33. The largest absolute Gasteiger partial charge is 0.481 e. The number of aliphatic hydroxyl groups excluding tert-OH is 1. The minimum absolute atomic E-state index is 0.00372. The second-order valence-electron chi connectivity index (χ2n) is 9.98. The lowest BCUT2D eigenvalue weighted by Gasteiger charge is -2.26. The maximum absolute atomic E-state index is 13.5. The van der Waals surface area contributed by atoms with E-state index in [-0.39, 0.29) is 25.7 Å². The van der Waals surface area contributed by atoms with Crippen LogP contribution in [0, 0.1) is 0 Å². The first-order valence-electron chi connectivity index (χ1n) is 13.3. The van der Waals surface area contributed by atoms with E-state index in [0.29, 0.717) is 11.1 Å². The molecule has 13 heteroatoms. The zero-order chi connectivity index (χ0) is 30.8. The van der Waals surface area contributed by atoms with Crippen LogP contribution in [-0.4, -0.2) is 80.2 Å². The third kappa shape index (κ3) is 8.88. The molecule has 224 valence electrons. The number of benzene rings is 2. The standard InChI is InChI=1S/C29H35N5O8/c1-16(35)25(34-26(38)20(30)11-12-24(36)37)28(40)32-22(14-18-15-31-21-10-6-5-9-19(18)21)27(39)33-23(29(41)42)13-17-7-3-2-4-8-17/h2-10,15-16,20,22-23,25,31,35H,11-14,30H2,1H3,(H,32,40)(H,33,39)(H,34,38)(H,36,37)(H,41,42). The Morgan fingerprint density at radius 1 is 0.833 bits per heavy atom. The van der Waals surface area contributed by atoms with Crippen molar-refractivity contribution in [2.75, 3.05) is 0 Å². The number of H-pyrrole nitrogens is 1. The number of carboxylic acids is 2. The van der Waals surface area contributed by atoms with E-state index in [2.05, 4.69) is 20.9 Å². The predicted molar refractivity (Wildman–Crippen MR) is 152 cm³/mol. The van der Waals surface area contributed by atoms with Crippen LogP contribution < -0.4 is 21.7 Å². The lowest BCUT2D eigenvalue weighted by Crippen LogP contribution is -2.60. The first-order chi connectivity index (χ1) is 20.0. The van der Waals surface area contributed by atoms with Gasteiger partial charge in [0.05, 0.1) is 12.1 Å². The molecule has 3 aromatic rings. The van der Waals surface area contributed by atoms with Crippen LogP contribution >= 0.6 is 0 Å². The molecule has 9 N–H and O–H groups in total. The Balaban J connectivity index is 1.83. The Morgan fingerprint density at radius 3 is 2.12 bits per heavy atom. The number of carbonyl (C=O) groups is 5. The summed E-state index contributed by atoms with van der Waals surface area (Å²) in [6, 6.07) is 10.6. The molecule has 0 saturated heterocycles. The second kappa shape index (κ2) is 14.8. The zero-order valence-electron chi connectivity index (χ0n) is 22.9. The van der Waals surface area contributed by atoms with Gasteiger partial charge in [0, 0.05) is 36.4 Å². The number of carbonyl (C=O) groups excluding carboxylic acids is 3. The van der Waals surface area contributed by atoms with Gasteiger partial charge in [-0.2, -0.15) is 0 Å². The number of aliphatic carboxylic acids is 2. The summed E-state index contributed by atoms with van der Waals surface area (Å²) in [6.07, 6.45) is -0.360. The number of hydrogen-bond acceptors (Lipinski definition) is 7. The van der Waals surface area contributed by atoms with Gasteiger partial charge in [-0.15, -0.1) is 0 Å². The normalized spacial score (nSPS) is 14.6. The molecule has 5 atom stereocenters. The monoisotopic (exact) mass is 581 g/mol. The van der Waals surface area contributed by atoms with E-state index in [9.17, 15) is 34.2 Å². The molecule has 0 spiro atoms. The Bertz CT molecular complexity index is 1410.